The van der Waals surface area contributed by atoms with Crippen LogP contribution in [0.4, 0.5) is 4.39 Å². The second-order valence-electron chi connectivity index (χ2n) is 6.89. The number of carbonyl (C=O) groups is 1. The molecule has 0 aliphatic carbocycles. The highest BCUT2D eigenvalue weighted by Crippen LogP contribution is 2.36. The topological polar surface area (TPSA) is 26.3 Å². The van der Waals surface area contributed by atoms with Crippen LogP contribution in [0.5, 0.6) is 0 Å². The van der Waals surface area contributed by atoms with E-state index in [-0.39, 0.29) is 35.7 Å². The van der Waals surface area contributed by atoms with Crippen molar-refractivity contribution in [1.29, 1.82) is 0 Å². The summed E-state index contributed by atoms with van der Waals surface area (Å²) in [6.45, 7) is 12.2. The highest BCUT2D eigenvalue weighted by atomic mass is 19.1. The van der Waals surface area contributed by atoms with Gasteiger partial charge in [-0.1, -0.05) is 41.5 Å². The molecule has 0 radical (unpaired) electrons. The van der Waals surface area contributed by atoms with Crippen LogP contribution in [0.1, 0.15) is 54.4 Å². The zero-order chi connectivity index (χ0) is 13.7. The molecule has 2 nitrogen and oxygen atoms in total. The predicted molar refractivity (Wildman–Crippen MR) is 68.6 cm³/mol. The van der Waals surface area contributed by atoms with Crippen molar-refractivity contribution in [2.45, 2.75) is 54.4 Å². The van der Waals surface area contributed by atoms with E-state index in [0.717, 1.165) is 6.42 Å². The van der Waals surface area contributed by atoms with Crippen LogP contribution in [-0.4, -0.2) is 19.3 Å². The molecular weight excluding hydrogens is 219 g/mol. The Morgan fingerprint density at radius 2 is 1.71 bits per heavy atom. The molecule has 1 unspecified atom stereocenters. The smallest absolute Gasteiger partial charge is 0.309 e. The molecule has 0 N–H and O–H groups in total. The van der Waals surface area contributed by atoms with Gasteiger partial charge in [-0.05, 0) is 17.3 Å². The molecule has 1 atom stereocenters. The molecule has 0 saturated heterocycles. The highest BCUT2D eigenvalue weighted by molar-refractivity contribution is 5.73. The average Bonchev–Trinajstić information content (AvgIpc) is 2.11. The number of ether oxygens (including phenoxy) is 1. The summed E-state index contributed by atoms with van der Waals surface area (Å²) in [5, 5.41) is 0. The van der Waals surface area contributed by atoms with Crippen LogP contribution in [0, 0.1) is 16.7 Å². The quantitative estimate of drug-likeness (QED) is 0.541. The molecular formula is C14H27FO2. The highest BCUT2D eigenvalue weighted by Gasteiger charge is 2.35. The maximum absolute atomic E-state index is 12.0. The first kappa shape index (κ1) is 16.4. The van der Waals surface area contributed by atoms with Crippen molar-refractivity contribution in [2.24, 2.45) is 16.7 Å². The van der Waals surface area contributed by atoms with Crippen LogP contribution in [0.2, 0.25) is 0 Å². The largest absolute Gasteiger partial charge is 0.465 e. The van der Waals surface area contributed by atoms with Gasteiger partial charge in [-0.25, -0.2) is 0 Å². The number of halogens is 1. The molecule has 0 bridgehead atoms. The molecule has 0 aromatic carbocycles. The minimum absolute atomic E-state index is 0.0804. The van der Waals surface area contributed by atoms with Crippen molar-refractivity contribution in [3.05, 3.63) is 0 Å². The first-order chi connectivity index (χ1) is 7.58. The van der Waals surface area contributed by atoms with Crippen LogP contribution in [0.15, 0.2) is 0 Å². The van der Waals surface area contributed by atoms with Crippen LogP contribution in [0.3, 0.4) is 0 Å². The van der Waals surface area contributed by atoms with Gasteiger partial charge in [-0.3, -0.25) is 9.18 Å². The molecule has 17 heavy (non-hydrogen) atoms. The number of hydrogen-bond donors (Lipinski definition) is 0. The maximum atomic E-state index is 12.0. The Labute approximate surface area is 105 Å². The first-order valence-electron chi connectivity index (χ1n) is 6.30. The molecule has 0 fully saturated rings. The molecule has 0 saturated carbocycles. The molecule has 3 heteroatoms. The van der Waals surface area contributed by atoms with E-state index < -0.39 is 6.67 Å². The zero-order valence-electron chi connectivity index (χ0n) is 12.1. The number of rotatable bonds is 5. The number of esters is 1. The maximum Gasteiger partial charge on any atom is 0.309 e. The Morgan fingerprint density at radius 3 is 2.06 bits per heavy atom. The summed E-state index contributed by atoms with van der Waals surface area (Å²) in [7, 11) is 0. The summed E-state index contributed by atoms with van der Waals surface area (Å²) in [4.78, 5) is 12.0. The third-order valence-electron chi connectivity index (χ3n) is 2.67. The normalized spacial score (nSPS) is 14.5. The average molecular weight is 246 g/mol. The van der Waals surface area contributed by atoms with E-state index in [1.54, 1.807) is 0 Å². The lowest BCUT2D eigenvalue weighted by molar-refractivity contribution is -0.154. The Balaban J connectivity index is 4.54. The summed E-state index contributed by atoms with van der Waals surface area (Å²) in [5.41, 5.74) is -0.0445. The number of alkyl halides is 1. The van der Waals surface area contributed by atoms with Crippen molar-refractivity contribution < 1.29 is 13.9 Å². The predicted octanol–water partition coefficient (Wildman–Crippen LogP) is 3.99. The summed E-state index contributed by atoms with van der Waals surface area (Å²) in [5.74, 6) is -0.331. The van der Waals surface area contributed by atoms with Gasteiger partial charge < -0.3 is 4.74 Å². The van der Waals surface area contributed by atoms with E-state index in [4.69, 9.17) is 4.74 Å². The third kappa shape index (κ3) is 7.35. The Hall–Kier alpha value is -0.600. The van der Waals surface area contributed by atoms with Gasteiger partial charge in [0.05, 0.1) is 19.2 Å². The van der Waals surface area contributed by atoms with E-state index in [2.05, 4.69) is 20.8 Å². The Morgan fingerprint density at radius 1 is 1.18 bits per heavy atom. The first-order valence-corrected chi connectivity index (χ1v) is 6.30. The fraction of sp³-hybridized carbons (Fsp3) is 0.929. The summed E-state index contributed by atoms with van der Waals surface area (Å²) < 4.78 is 17.1. The van der Waals surface area contributed by atoms with Crippen LogP contribution >= 0.6 is 0 Å². The van der Waals surface area contributed by atoms with E-state index in [1.807, 2.05) is 20.8 Å². The molecule has 0 aliphatic heterocycles. The van der Waals surface area contributed by atoms with E-state index >= 15 is 0 Å². The molecule has 0 spiro atoms. The fourth-order valence-corrected chi connectivity index (χ4v) is 1.68. The minimum atomic E-state index is -0.438. The Kier molecular flexibility index (Phi) is 6.14. The monoisotopic (exact) mass is 246 g/mol. The molecule has 0 aliphatic rings. The second-order valence-corrected chi connectivity index (χ2v) is 6.89. The van der Waals surface area contributed by atoms with E-state index in [9.17, 15) is 9.18 Å². The second kappa shape index (κ2) is 6.36. The third-order valence-corrected chi connectivity index (χ3v) is 2.67. The molecule has 0 rings (SSSR count). The van der Waals surface area contributed by atoms with Crippen molar-refractivity contribution >= 4 is 5.97 Å². The molecule has 0 amide bonds. The SMILES string of the molecule is CC(C)(C)CC(C(=O)OCCCF)C(C)(C)C. The van der Waals surface area contributed by atoms with Gasteiger partial charge in [0, 0.05) is 6.42 Å². The Bertz CT molecular complexity index is 236. The number of carbonyl (C=O) groups excluding carboxylic acids is 1. The van der Waals surface area contributed by atoms with Gasteiger partial charge in [-0.2, -0.15) is 0 Å². The van der Waals surface area contributed by atoms with E-state index in [1.165, 1.54) is 0 Å². The van der Waals surface area contributed by atoms with Crippen LogP contribution in [-0.2, 0) is 9.53 Å². The fourth-order valence-electron chi connectivity index (χ4n) is 1.68. The zero-order valence-corrected chi connectivity index (χ0v) is 12.1. The van der Waals surface area contributed by atoms with Gasteiger partial charge in [0.25, 0.3) is 0 Å². The van der Waals surface area contributed by atoms with Crippen molar-refractivity contribution in [1.82, 2.24) is 0 Å². The summed E-state index contributed by atoms with van der Waals surface area (Å²) >= 11 is 0. The molecule has 0 heterocycles. The van der Waals surface area contributed by atoms with Gasteiger partial charge in [0.15, 0.2) is 0 Å². The van der Waals surface area contributed by atoms with Crippen molar-refractivity contribution in [2.75, 3.05) is 13.3 Å². The van der Waals surface area contributed by atoms with Gasteiger partial charge in [0.2, 0.25) is 0 Å². The lowest BCUT2D eigenvalue weighted by Crippen LogP contribution is -2.33. The molecule has 0 aromatic rings. The number of hydrogen-bond acceptors (Lipinski definition) is 2. The van der Waals surface area contributed by atoms with Gasteiger partial charge in [-0.15, -0.1) is 0 Å². The standard InChI is InChI=1S/C14H27FO2/c1-13(2,3)10-11(14(4,5)6)12(16)17-9-7-8-15/h11H,7-10H2,1-6H3. The van der Waals surface area contributed by atoms with Crippen LogP contribution in [0.25, 0.3) is 0 Å². The van der Waals surface area contributed by atoms with Gasteiger partial charge in [0.1, 0.15) is 0 Å². The van der Waals surface area contributed by atoms with Crippen molar-refractivity contribution in [3.8, 4) is 0 Å². The molecule has 0 aromatic heterocycles. The van der Waals surface area contributed by atoms with Gasteiger partial charge >= 0.3 is 5.97 Å². The molecule has 102 valence electrons. The lowest BCUT2D eigenvalue weighted by atomic mass is 9.72. The lowest BCUT2D eigenvalue weighted by Gasteiger charge is -2.33. The van der Waals surface area contributed by atoms with Crippen LogP contribution < -0.4 is 0 Å². The van der Waals surface area contributed by atoms with Crippen molar-refractivity contribution in [3.63, 3.8) is 0 Å². The summed E-state index contributed by atoms with van der Waals surface area (Å²) in [6.07, 6.45) is 1.07. The summed E-state index contributed by atoms with van der Waals surface area (Å²) in [6, 6.07) is 0. The minimum Gasteiger partial charge on any atom is -0.465 e. The van der Waals surface area contributed by atoms with E-state index in [0.29, 0.717) is 0 Å².